The van der Waals surface area contributed by atoms with Crippen molar-refractivity contribution >= 4 is 39.1 Å². The molecule has 0 atom stereocenters. The SMILES string of the molecule is CCCOc1ccc(Br)cc1C(=O)Nc1cccc(NC(C)=O)c1. The summed E-state index contributed by atoms with van der Waals surface area (Å²) in [7, 11) is 0. The van der Waals surface area contributed by atoms with Gasteiger partial charge in [-0.05, 0) is 42.8 Å². The van der Waals surface area contributed by atoms with Crippen molar-refractivity contribution in [3.05, 3.63) is 52.5 Å². The summed E-state index contributed by atoms with van der Waals surface area (Å²) in [5.74, 6) is 0.0960. The van der Waals surface area contributed by atoms with Crippen LogP contribution in [0.1, 0.15) is 30.6 Å². The fourth-order valence-electron chi connectivity index (χ4n) is 2.09. The molecular formula is C18H19BrN2O3. The minimum absolute atomic E-state index is 0.166. The van der Waals surface area contributed by atoms with Crippen molar-refractivity contribution in [2.75, 3.05) is 17.2 Å². The number of benzene rings is 2. The maximum absolute atomic E-state index is 12.6. The van der Waals surface area contributed by atoms with Gasteiger partial charge >= 0.3 is 0 Å². The van der Waals surface area contributed by atoms with Gasteiger partial charge in [-0.3, -0.25) is 9.59 Å². The number of hydrogen-bond acceptors (Lipinski definition) is 3. The first kappa shape index (κ1) is 18.0. The van der Waals surface area contributed by atoms with Gasteiger partial charge in [0.2, 0.25) is 5.91 Å². The van der Waals surface area contributed by atoms with E-state index in [-0.39, 0.29) is 11.8 Å². The van der Waals surface area contributed by atoms with Gasteiger partial charge in [-0.25, -0.2) is 0 Å². The Morgan fingerprint density at radius 2 is 1.79 bits per heavy atom. The molecule has 0 aliphatic rings. The summed E-state index contributed by atoms with van der Waals surface area (Å²) in [6.07, 6.45) is 0.857. The minimum Gasteiger partial charge on any atom is -0.493 e. The Hall–Kier alpha value is -2.34. The van der Waals surface area contributed by atoms with E-state index in [4.69, 9.17) is 4.74 Å². The average Bonchev–Trinajstić information content (AvgIpc) is 2.53. The zero-order valence-electron chi connectivity index (χ0n) is 13.6. The van der Waals surface area contributed by atoms with E-state index >= 15 is 0 Å². The second-order valence-corrected chi connectivity index (χ2v) is 6.12. The van der Waals surface area contributed by atoms with Crippen molar-refractivity contribution in [3.8, 4) is 5.75 Å². The summed E-state index contributed by atoms with van der Waals surface area (Å²) >= 11 is 3.37. The number of carbonyl (C=O) groups excluding carboxylic acids is 2. The molecule has 2 aromatic carbocycles. The first-order valence-electron chi connectivity index (χ1n) is 7.61. The van der Waals surface area contributed by atoms with Gasteiger partial charge in [-0.2, -0.15) is 0 Å². The molecule has 0 spiro atoms. The molecule has 0 heterocycles. The summed E-state index contributed by atoms with van der Waals surface area (Å²) < 4.78 is 6.43. The van der Waals surface area contributed by atoms with E-state index < -0.39 is 0 Å². The van der Waals surface area contributed by atoms with Crippen molar-refractivity contribution in [1.29, 1.82) is 0 Å². The molecule has 24 heavy (non-hydrogen) atoms. The molecule has 0 saturated carbocycles. The van der Waals surface area contributed by atoms with Crippen LogP contribution in [0, 0.1) is 0 Å². The van der Waals surface area contributed by atoms with E-state index in [2.05, 4.69) is 26.6 Å². The van der Waals surface area contributed by atoms with Gasteiger partial charge in [0.1, 0.15) is 5.75 Å². The first-order valence-corrected chi connectivity index (χ1v) is 8.40. The summed E-state index contributed by atoms with van der Waals surface area (Å²) in [6.45, 7) is 3.98. The molecule has 0 unspecified atom stereocenters. The molecule has 0 aromatic heterocycles. The molecule has 2 amide bonds. The van der Waals surface area contributed by atoms with E-state index in [1.54, 1.807) is 36.4 Å². The van der Waals surface area contributed by atoms with Gasteiger partial charge in [0.15, 0.2) is 0 Å². The fraction of sp³-hybridized carbons (Fsp3) is 0.222. The van der Waals surface area contributed by atoms with Crippen LogP contribution in [-0.2, 0) is 4.79 Å². The molecule has 5 nitrogen and oxygen atoms in total. The lowest BCUT2D eigenvalue weighted by atomic mass is 10.1. The maximum atomic E-state index is 12.6. The lowest BCUT2D eigenvalue weighted by molar-refractivity contribution is -0.114. The second kappa shape index (κ2) is 8.49. The molecule has 2 N–H and O–H groups in total. The maximum Gasteiger partial charge on any atom is 0.259 e. The smallest absolute Gasteiger partial charge is 0.259 e. The summed E-state index contributed by atoms with van der Waals surface area (Å²) in [5, 5.41) is 5.51. The van der Waals surface area contributed by atoms with Crippen LogP contribution >= 0.6 is 15.9 Å². The van der Waals surface area contributed by atoms with Crippen LogP contribution in [0.4, 0.5) is 11.4 Å². The highest BCUT2D eigenvalue weighted by Crippen LogP contribution is 2.25. The van der Waals surface area contributed by atoms with E-state index in [0.717, 1.165) is 10.9 Å². The predicted octanol–water partition coefficient (Wildman–Crippen LogP) is 4.45. The van der Waals surface area contributed by atoms with E-state index in [1.807, 2.05) is 13.0 Å². The third-order valence-electron chi connectivity index (χ3n) is 3.09. The molecule has 126 valence electrons. The molecule has 0 radical (unpaired) electrons. The van der Waals surface area contributed by atoms with Crippen molar-refractivity contribution in [2.45, 2.75) is 20.3 Å². The van der Waals surface area contributed by atoms with Crippen molar-refractivity contribution in [2.24, 2.45) is 0 Å². The molecule has 0 saturated heterocycles. The Bertz CT molecular complexity index is 747. The Morgan fingerprint density at radius 1 is 1.08 bits per heavy atom. The zero-order chi connectivity index (χ0) is 17.5. The topological polar surface area (TPSA) is 67.4 Å². The van der Waals surface area contributed by atoms with E-state index in [9.17, 15) is 9.59 Å². The number of amides is 2. The van der Waals surface area contributed by atoms with Gasteiger partial charge in [0.25, 0.3) is 5.91 Å². The summed E-state index contributed by atoms with van der Waals surface area (Å²) in [5.41, 5.74) is 1.66. The van der Waals surface area contributed by atoms with E-state index in [1.165, 1.54) is 6.92 Å². The lowest BCUT2D eigenvalue weighted by Gasteiger charge is -2.12. The first-order chi connectivity index (χ1) is 11.5. The quantitative estimate of drug-likeness (QED) is 0.765. The standard InChI is InChI=1S/C18H19BrN2O3/c1-3-9-24-17-8-7-13(19)10-16(17)18(23)21-15-6-4-5-14(11-15)20-12(2)22/h4-8,10-11H,3,9H2,1-2H3,(H,20,22)(H,21,23). The molecule has 6 heteroatoms. The zero-order valence-corrected chi connectivity index (χ0v) is 15.1. The van der Waals surface area contributed by atoms with Gasteiger partial charge in [-0.1, -0.05) is 28.9 Å². The fourth-order valence-corrected chi connectivity index (χ4v) is 2.46. The summed E-state index contributed by atoms with van der Waals surface area (Å²) in [6, 6.07) is 12.3. The Labute approximate surface area is 149 Å². The number of carbonyl (C=O) groups is 2. The Balaban J connectivity index is 2.20. The van der Waals surface area contributed by atoms with Gasteiger partial charge in [0.05, 0.1) is 12.2 Å². The summed E-state index contributed by atoms with van der Waals surface area (Å²) in [4.78, 5) is 23.7. The third-order valence-corrected chi connectivity index (χ3v) is 3.58. The molecular weight excluding hydrogens is 372 g/mol. The van der Waals surface area contributed by atoms with Crippen LogP contribution in [0.2, 0.25) is 0 Å². The lowest BCUT2D eigenvalue weighted by Crippen LogP contribution is -2.14. The number of rotatable bonds is 6. The molecule has 0 fully saturated rings. The number of hydrogen-bond donors (Lipinski definition) is 2. The highest BCUT2D eigenvalue weighted by molar-refractivity contribution is 9.10. The van der Waals surface area contributed by atoms with Gasteiger partial charge in [-0.15, -0.1) is 0 Å². The predicted molar refractivity (Wildman–Crippen MR) is 98.6 cm³/mol. The number of ether oxygens (including phenoxy) is 1. The van der Waals surface area contributed by atoms with Crippen LogP contribution in [0.5, 0.6) is 5.75 Å². The van der Waals surface area contributed by atoms with Crippen LogP contribution in [-0.4, -0.2) is 18.4 Å². The Morgan fingerprint density at radius 3 is 2.46 bits per heavy atom. The average molecular weight is 391 g/mol. The van der Waals surface area contributed by atoms with Gasteiger partial charge in [0, 0.05) is 22.8 Å². The molecule has 0 aliphatic heterocycles. The molecule has 2 aromatic rings. The van der Waals surface area contributed by atoms with Crippen LogP contribution < -0.4 is 15.4 Å². The molecule has 0 aliphatic carbocycles. The Kier molecular flexibility index (Phi) is 6.37. The van der Waals surface area contributed by atoms with Crippen LogP contribution in [0.3, 0.4) is 0 Å². The van der Waals surface area contributed by atoms with E-state index in [0.29, 0.717) is 29.3 Å². The monoisotopic (exact) mass is 390 g/mol. The number of nitrogens with one attached hydrogen (secondary N) is 2. The highest BCUT2D eigenvalue weighted by atomic mass is 79.9. The number of anilines is 2. The third kappa shape index (κ3) is 5.09. The van der Waals surface area contributed by atoms with Crippen LogP contribution in [0.15, 0.2) is 46.9 Å². The van der Waals surface area contributed by atoms with Crippen molar-refractivity contribution < 1.29 is 14.3 Å². The normalized spacial score (nSPS) is 10.1. The van der Waals surface area contributed by atoms with Crippen LogP contribution in [0.25, 0.3) is 0 Å². The van der Waals surface area contributed by atoms with Crippen molar-refractivity contribution in [1.82, 2.24) is 0 Å². The molecule has 0 bridgehead atoms. The molecule has 2 rings (SSSR count). The second-order valence-electron chi connectivity index (χ2n) is 5.21. The largest absolute Gasteiger partial charge is 0.493 e. The highest BCUT2D eigenvalue weighted by Gasteiger charge is 2.14. The van der Waals surface area contributed by atoms with Crippen molar-refractivity contribution in [3.63, 3.8) is 0 Å². The minimum atomic E-state index is -0.276. The number of halogens is 1. The van der Waals surface area contributed by atoms with Gasteiger partial charge < -0.3 is 15.4 Å².